The molecule has 0 radical (unpaired) electrons. The van der Waals surface area contributed by atoms with E-state index in [0.717, 1.165) is 28.0 Å². The van der Waals surface area contributed by atoms with Gasteiger partial charge in [0.25, 0.3) is 5.91 Å². The van der Waals surface area contributed by atoms with E-state index in [9.17, 15) is 4.79 Å². The first-order valence-corrected chi connectivity index (χ1v) is 7.55. The smallest absolute Gasteiger partial charge is 0.253 e. The third-order valence-corrected chi connectivity index (χ3v) is 4.09. The molecule has 4 nitrogen and oxygen atoms in total. The van der Waals surface area contributed by atoms with Crippen LogP contribution >= 0.6 is 0 Å². The van der Waals surface area contributed by atoms with Gasteiger partial charge in [0.1, 0.15) is 5.75 Å². The Labute approximate surface area is 137 Å². The van der Waals surface area contributed by atoms with E-state index in [4.69, 9.17) is 9.57 Å². The minimum absolute atomic E-state index is 0.0835. The van der Waals surface area contributed by atoms with E-state index in [0.29, 0.717) is 0 Å². The van der Waals surface area contributed by atoms with Crippen molar-refractivity contribution >= 4 is 5.91 Å². The van der Waals surface area contributed by atoms with E-state index in [-0.39, 0.29) is 11.8 Å². The molecule has 2 rings (SSSR count). The van der Waals surface area contributed by atoms with Gasteiger partial charge in [0.05, 0.1) is 20.1 Å². The molecule has 0 bridgehead atoms. The summed E-state index contributed by atoms with van der Waals surface area (Å²) in [6.07, 6.45) is 0. The molecule has 0 saturated carbocycles. The average Bonchev–Trinajstić information content (AvgIpc) is 2.60. The second kappa shape index (κ2) is 7.29. The molecular formula is C19H23NO3. The number of benzene rings is 2. The first-order chi connectivity index (χ1) is 11.0. The minimum atomic E-state index is -0.298. The zero-order valence-corrected chi connectivity index (χ0v) is 14.3. The highest BCUT2D eigenvalue weighted by atomic mass is 16.7. The Kier molecular flexibility index (Phi) is 5.40. The first kappa shape index (κ1) is 17.0. The predicted molar refractivity (Wildman–Crippen MR) is 91.4 cm³/mol. The van der Waals surface area contributed by atoms with Crippen LogP contribution in [0.1, 0.15) is 24.0 Å². The minimum Gasteiger partial charge on any atom is -0.496 e. The van der Waals surface area contributed by atoms with E-state index < -0.39 is 0 Å². The number of nitrogens with zero attached hydrogens (tertiary/aromatic N) is 1. The lowest BCUT2D eigenvalue weighted by atomic mass is 9.91. The molecule has 0 fully saturated rings. The van der Waals surface area contributed by atoms with Gasteiger partial charge in [0.2, 0.25) is 0 Å². The number of hydrogen-bond donors (Lipinski definition) is 0. The monoisotopic (exact) mass is 313 g/mol. The molecule has 2 aromatic rings. The van der Waals surface area contributed by atoms with E-state index >= 15 is 0 Å². The quantitative estimate of drug-likeness (QED) is 0.788. The van der Waals surface area contributed by atoms with Crippen molar-refractivity contribution in [1.82, 2.24) is 5.06 Å². The molecule has 1 atom stereocenters. The van der Waals surface area contributed by atoms with Gasteiger partial charge < -0.3 is 4.74 Å². The van der Waals surface area contributed by atoms with Crippen molar-refractivity contribution < 1.29 is 14.4 Å². The predicted octanol–water partition coefficient (Wildman–Crippen LogP) is 3.79. The SMILES string of the molecule is COc1cc(C)c([C@H](C)C(=O)N(C)OC)cc1-c1ccccc1. The highest BCUT2D eigenvalue weighted by Crippen LogP contribution is 2.35. The van der Waals surface area contributed by atoms with Gasteiger partial charge in [-0.15, -0.1) is 0 Å². The molecule has 0 aliphatic carbocycles. The van der Waals surface area contributed by atoms with Crippen molar-refractivity contribution in [2.75, 3.05) is 21.3 Å². The van der Waals surface area contributed by atoms with Gasteiger partial charge in [-0.25, -0.2) is 5.06 Å². The van der Waals surface area contributed by atoms with E-state index in [1.165, 1.54) is 12.2 Å². The van der Waals surface area contributed by atoms with Crippen molar-refractivity contribution in [3.05, 3.63) is 53.6 Å². The van der Waals surface area contributed by atoms with Crippen LogP contribution in [-0.4, -0.2) is 32.2 Å². The molecule has 122 valence electrons. The van der Waals surface area contributed by atoms with Crippen molar-refractivity contribution in [2.24, 2.45) is 0 Å². The summed E-state index contributed by atoms with van der Waals surface area (Å²) in [5, 5.41) is 1.26. The number of methoxy groups -OCH3 is 1. The number of hydrogen-bond acceptors (Lipinski definition) is 3. The number of amides is 1. The van der Waals surface area contributed by atoms with Gasteiger partial charge in [-0.1, -0.05) is 30.3 Å². The second-order valence-corrected chi connectivity index (χ2v) is 5.52. The molecule has 0 spiro atoms. The van der Waals surface area contributed by atoms with Crippen molar-refractivity contribution in [3.63, 3.8) is 0 Å². The zero-order valence-electron chi connectivity index (χ0n) is 14.3. The Morgan fingerprint density at radius 2 is 1.78 bits per heavy atom. The molecule has 2 aromatic carbocycles. The fourth-order valence-electron chi connectivity index (χ4n) is 2.67. The van der Waals surface area contributed by atoms with E-state index in [1.807, 2.05) is 56.3 Å². The summed E-state index contributed by atoms with van der Waals surface area (Å²) >= 11 is 0. The first-order valence-electron chi connectivity index (χ1n) is 7.55. The highest BCUT2D eigenvalue weighted by Gasteiger charge is 2.23. The normalized spacial score (nSPS) is 11.9. The summed E-state index contributed by atoms with van der Waals surface area (Å²) in [4.78, 5) is 17.4. The lowest BCUT2D eigenvalue weighted by Gasteiger charge is -2.22. The van der Waals surface area contributed by atoms with Gasteiger partial charge in [0, 0.05) is 12.6 Å². The molecule has 0 N–H and O–H groups in total. The molecule has 0 aliphatic rings. The fourth-order valence-corrected chi connectivity index (χ4v) is 2.67. The standard InChI is InChI=1S/C19H23NO3/c1-13-11-18(22-4)17(15-9-7-6-8-10-15)12-16(13)14(2)19(21)20(3)23-5/h6-12,14H,1-5H3/t14-/m0/s1. The average molecular weight is 313 g/mol. The Hall–Kier alpha value is -2.33. The lowest BCUT2D eigenvalue weighted by Crippen LogP contribution is -2.29. The van der Waals surface area contributed by atoms with Gasteiger partial charge in [-0.3, -0.25) is 9.63 Å². The molecule has 23 heavy (non-hydrogen) atoms. The number of rotatable bonds is 5. The van der Waals surface area contributed by atoms with E-state index in [1.54, 1.807) is 14.2 Å². The van der Waals surface area contributed by atoms with Crippen LogP contribution in [0, 0.1) is 6.92 Å². The van der Waals surface area contributed by atoms with Gasteiger partial charge >= 0.3 is 0 Å². The van der Waals surface area contributed by atoms with Gasteiger partial charge in [-0.2, -0.15) is 0 Å². The molecule has 0 unspecified atom stereocenters. The molecule has 0 saturated heterocycles. The fraction of sp³-hybridized carbons (Fsp3) is 0.316. The Morgan fingerprint density at radius 1 is 1.13 bits per heavy atom. The third-order valence-electron chi connectivity index (χ3n) is 4.09. The molecule has 0 aliphatic heterocycles. The van der Waals surface area contributed by atoms with Gasteiger partial charge in [-0.05, 0) is 42.7 Å². The maximum atomic E-state index is 12.4. The third kappa shape index (κ3) is 3.54. The van der Waals surface area contributed by atoms with Crippen LogP contribution in [0.2, 0.25) is 0 Å². The van der Waals surface area contributed by atoms with Crippen LogP contribution in [0.5, 0.6) is 5.75 Å². The van der Waals surface area contributed by atoms with Crippen LogP contribution < -0.4 is 4.74 Å². The maximum Gasteiger partial charge on any atom is 0.253 e. The summed E-state index contributed by atoms with van der Waals surface area (Å²) in [6.45, 7) is 3.88. The summed E-state index contributed by atoms with van der Waals surface area (Å²) in [6, 6.07) is 14.0. The number of ether oxygens (including phenoxy) is 1. The molecule has 1 amide bonds. The number of carbonyl (C=O) groups is 1. The number of hydroxylamine groups is 2. The Morgan fingerprint density at radius 3 is 2.35 bits per heavy atom. The topological polar surface area (TPSA) is 38.8 Å². The number of aryl methyl sites for hydroxylation is 1. The summed E-state index contributed by atoms with van der Waals surface area (Å²) in [5.41, 5.74) is 4.03. The van der Waals surface area contributed by atoms with Crippen molar-refractivity contribution in [1.29, 1.82) is 0 Å². The largest absolute Gasteiger partial charge is 0.496 e. The highest BCUT2D eigenvalue weighted by molar-refractivity contribution is 5.84. The molecule has 0 heterocycles. The van der Waals surface area contributed by atoms with E-state index in [2.05, 4.69) is 0 Å². The van der Waals surface area contributed by atoms with Crippen LogP contribution in [0.4, 0.5) is 0 Å². The molecular weight excluding hydrogens is 290 g/mol. The number of likely N-dealkylation sites (N-methyl/N-ethyl adjacent to an activating group) is 1. The lowest BCUT2D eigenvalue weighted by molar-refractivity contribution is -0.170. The van der Waals surface area contributed by atoms with Crippen molar-refractivity contribution in [2.45, 2.75) is 19.8 Å². The van der Waals surface area contributed by atoms with Crippen LogP contribution in [0.25, 0.3) is 11.1 Å². The van der Waals surface area contributed by atoms with Crippen LogP contribution in [-0.2, 0) is 9.63 Å². The second-order valence-electron chi connectivity index (χ2n) is 5.52. The van der Waals surface area contributed by atoms with Crippen LogP contribution in [0.15, 0.2) is 42.5 Å². The molecule has 4 heteroatoms. The summed E-state index contributed by atoms with van der Waals surface area (Å²) in [7, 11) is 4.77. The van der Waals surface area contributed by atoms with Crippen molar-refractivity contribution in [3.8, 4) is 16.9 Å². The Balaban J connectivity index is 2.52. The number of carbonyl (C=O) groups excluding carboxylic acids is 1. The van der Waals surface area contributed by atoms with Gasteiger partial charge in [0.15, 0.2) is 0 Å². The molecule has 0 aromatic heterocycles. The maximum absolute atomic E-state index is 12.4. The Bertz CT molecular complexity index is 683. The summed E-state index contributed by atoms with van der Waals surface area (Å²) in [5.74, 6) is 0.422. The zero-order chi connectivity index (χ0) is 17.0. The summed E-state index contributed by atoms with van der Waals surface area (Å²) < 4.78 is 5.52. The van der Waals surface area contributed by atoms with Crippen LogP contribution in [0.3, 0.4) is 0 Å².